The van der Waals surface area contributed by atoms with Gasteiger partial charge in [0.05, 0.1) is 16.8 Å². The zero-order valence-corrected chi connectivity index (χ0v) is 12.0. The van der Waals surface area contributed by atoms with E-state index in [0.29, 0.717) is 11.7 Å². The van der Waals surface area contributed by atoms with E-state index >= 15 is 0 Å². The Bertz CT molecular complexity index is 553. The Morgan fingerprint density at radius 2 is 2.00 bits per heavy atom. The Kier molecular flexibility index (Phi) is 3.71. The van der Waals surface area contributed by atoms with Gasteiger partial charge in [-0.25, -0.2) is 0 Å². The van der Waals surface area contributed by atoms with Gasteiger partial charge in [0.25, 0.3) is 5.89 Å². The van der Waals surface area contributed by atoms with Crippen molar-refractivity contribution >= 4 is 0 Å². The van der Waals surface area contributed by atoms with Crippen LogP contribution in [0.3, 0.4) is 0 Å². The van der Waals surface area contributed by atoms with Crippen LogP contribution < -0.4 is 5.73 Å². The Labute approximate surface area is 113 Å². The third-order valence-corrected chi connectivity index (χ3v) is 3.60. The molecule has 0 saturated heterocycles. The molecule has 0 bridgehead atoms. The third kappa shape index (κ3) is 2.40. The lowest BCUT2D eigenvalue weighted by atomic mass is 9.93. The molecule has 2 aromatic rings. The van der Waals surface area contributed by atoms with E-state index in [2.05, 4.69) is 22.2 Å². The van der Waals surface area contributed by atoms with Crippen LogP contribution in [0.2, 0.25) is 0 Å². The van der Waals surface area contributed by atoms with Gasteiger partial charge >= 0.3 is 0 Å². The first kappa shape index (κ1) is 13.7. The van der Waals surface area contributed by atoms with E-state index < -0.39 is 5.54 Å². The molecular formula is C13H21N5O. The van der Waals surface area contributed by atoms with E-state index in [1.807, 2.05) is 27.1 Å². The molecule has 2 N–H and O–H groups in total. The van der Waals surface area contributed by atoms with Crippen LogP contribution in [-0.4, -0.2) is 19.9 Å². The SMILES string of the molecule is CCc1nn(C)cc1-c1nc(C(N)(CC)CC)no1. The molecule has 0 aliphatic rings. The van der Waals surface area contributed by atoms with Crippen LogP contribution in [-0.2, 0) is 19.0 Å². The highest BCUT2D eigenvalue weighted by molar-refractivity contribution is 5.55. The van der Waals surface area contributed by atoms with Gasteiger partial charge in [-0.1, -0.05) is 25.9 Å². The highest BCUT2D eigenvalue weighted by atomic mass is 16.5. The van der Waals surface area contributed by atoms with Crippen molar-refractivity contribution in [3.63, 3.8) is 0 Å². The molecular weight excluding hydrogens is 242 g/mol. The number of nitrogens with zero attached hydrogens (tertiary/aromatic N) is 4. The second-order valence-corrected chi connectivity index (χ2v) is 4.80. The molecule has 0 atom stereocenters. The van der Waals surface area contributed by atoms with Crippen LogP contribution in [0, 0.1) is 0 Å². The van der Waals surface area contributed by atoms with Crippen LogP contribution in [0.15, 0.2) is 10.7 Å². The zero-order chi connectivity index (χ0) is 14.0. The number of nitrogens with two attached hydrogens (primary N) is 1. The minimum Gasteiger partial charge on any atom is -0.334 e. The monoisotopic (exact) mass is 263 g/mol. The van der Waals surface area contributed by atoms with Crippen LogP contribution >= 0.6 is 0 Å². The van der Waals surface area contributed by atoms with E-state index in [1.54, 1.807) is 4.68 Å². The number of hydrogen-bond donors (Lipinski definition) is 1. The first-order valence-electron chi connectivity index (χ1n) is 6.70. The molecule has 0 aliphatic heterocycles. The average molecular weight is 263 g/mol. The Hall–Kier alpha value is -1.69. The third-order valence-electron chi connectivity index (χ3n) is 3.60. The van der Waals surface area contributed by atoms with Crippen LogP contribution in [0.1, 0.15) is 45.1 Å². The van der Waals surface area contributed by atoms with Crippen molar-refractivity contribution in [3.05, 3.63) is 17.7 Å². The van der Waals surface area contributed by atoms with E-state index in [1.165, 1.54) is 0 Å². The summed E-state index contributed by atoms with van der Waals surface area (Å²) in [5, 5.41) is 8.42. The van der Waals surface area contributed by atoms with E-state index in [-0.39, 0.29) is 0 Å². The van der Waals surface area contributed by atoms with Gasteiger partial charge in [0.15, 0.2) is 5.82 Å². The topological polar surface area (TPSA) is 82.8 Å². The van der Waals surface area contributed by atoms with Gasteiger partial charge in [-0.05, 0) is 19.3 Å². The summed E-state index contributed by atoms with van der Waals surface area (Å²) < 4.78 is 7.12. The standard InChI is InChI=1S/C13H21N5O/c1-5-10-9(8-18(4)16-10)11-15-12(17-19-11)13(14,6-2)7-3/h8H,5-7,14H2,1-4H3. The van der Waals surface area contributed by atoms with Crippen molar-refractivity contribution in [2.24, 2.45) is 12.8 Å². The molecule has 0 aliphatic carbocycles. The van der Waals surface area contributed by atoms with Crippen molar-refractivity contribution in [2.75, 3.05) is 0 Å². The van der Waals surface area contributed by atoms with Gasteiger partial charge in [-0.2, -0.15) is 10.1 Å². The highest BCUT2D eigenvalue weighted by Crippen LogP contribution is 2.27. The second-order valence-electron chi connectivity index (χ2n) is 4.80. The summed E-state index contributed by atoms with van der Waals surface area (Å²) in [6.07, 6.45) is 4.27. The molecule has 0 aromatic carbocycles. The molecule has 104 valence electrons. The summed E-state index contributed by atoms with van der Waals surface area (Å²) in [5.74, 6) is 1.06. The van der Waals surface area contributed by atoms with Gasteiger partial charge in [-0.3, -0.25) is 4.68 Å². The first-order valence-corrected chi connectivity index (χ1v) is 6.70. The molecule has 0 fully saturated rings. The van der Waals surface area contributed by atoms with Crippen molar-refractivity contribution in [1.82, 2.24) is 19.9 Å². The van der Waals surface area contributed by atoms with Crippen LogP contribution in [0.5, 0.6) is 0 Å². The van der Waals surface area contributed by atoms with Crippen molar-refractivity contribution in [1.29, 1.82) is 0 Å². The predicted octanol–water partition coefficient (Wildman–Crippen LogP) is 2.01. The van der Waals surface area contributed by atoms with Gasteiger partial charge in [0, 0.05) is 13.2 Å². The van der Waals surface area contributed by atoms with E-state index in [4.69, 9.17) is 10.3 Å². The molecule has 2 rings (SSSR count). The fourth-order valence-electron chi connectivity index (χ4n) is 2.08. The fraction of sp³-hybridized carbons (Fsp3) is 0.615. The summed E-state index contributed by atoms with van der Waals surface area (Å²) in [6, 6.07) is 0. The van der Waals surface area contributed by atoms with Gasteiger partial charge in [0.2, 0.25) is 0 Å². The van der Waals surface area contributed by atoms with E-state index in [9.17, 15) is 0 Å². The second kappa shape index (κ2) is 5.13. The number of aryl methyl sites for hydroxylation is 2. The molecule has 0 amide bonds. The molecule has 0 radical (unpaired) electrons. The number of hydrogen-bond acceptors (Lipinski definition) is 5. The maximum Gasteiger partial charge on any atom is 0.261 e. The summed E-state index contributed by atoms with van der Waals surface area (Å²) in [5.41, 5.74) is 7.60. The predicted molar refractivity (Wildman–Crippen MR) is 72.3 cm³/mol. The summed E-state index contributed by atoms with van der Waals surface area (Å²) in [6.45, 7) is 6.11. The van der Waals surface area contributed by atoms with Crippen molar-refractivity contribution in [2.45, 2.75) is 45.6 Å². The summed E-state index contributed by atoms with van der Waals surface area (Å²) in [7, 11) is 1.88. The van der Waals surface area contributed by atoms with Crippen LogP contribution in [0.4, 0.5) is 0 Å². The molecule has 2 aromatic heterocycles. The molecule has 0 spiro atoms. The normalized spacial score (nSPS) is 12.1. The van der Waals surface area contributed by atoms with Gasteiger partial charge < -0.3 is 10.3 Å². The molecule has 19 heavy (non-hydrogen) atoms. The molecule has 6 nitrogen and oxygen atoms in total. The molecule has 6 heteroatoms. The highest BCUT2D eigenvalue weighted by Gasteiger charge is 2.29. The van der Waals surface area contributed by atoms with Crippen LogP contribution in [0.25, 0.3) is 11.5 Å². The molecule has 0 saturated carbocycles. The molecule has 2 heterocycles. The van der Waals surface area contributed by atoms with Gasteiger partial charge in [-0.15, -0.1) is 0 Å². The van der Waals surface area contributed by atoms with Gasteiger partial charge in [0.1, 0.15) is 0 Å². The summed E-state index contributed by atoms with van der Waals surface area (Å²) >= 11 is 0. The largest absolute Gasteiger partial charge is 0.334 e. The Morgan fingerprint density at radius 3 is 2.58 bits per heavy atom. The molecule has 0 unspecified atom stereocenters. The maximum atomic E-state index is 6.28. The maximum absolute atomic E-state index is 6.28. The lowest BCUT2D eigenvalue weighted by Crippen LogP contribution is -2.36. The minimum atomic E-state index is -0.518. The fourth-order valence-corrected chi connectivity index (χ4v) is 2.08. The van der Waals surface area contributed by atoms with Crippen molar-refractivity contribution < 1.29 is 4.52 Å². The number of aromatic nitrogens is 4. The summed E-state index contributed by atoms with van der Waals surface area (Å²) in [4.78, 5) is 4.46. The Balaban J connectivity index is 2.40. The number of rotatable bonds is 5. The zero-order valence-electron chi connectivity index (χ0n) is 12.0. The lowest BCUT2D eigenvalue weighted by Gasteiger charge is -2.21. The minimum absolute atomic E-state index is 0.497. The smallest absolute Gasteiger partial charge is 0.261 e. The lowest BCUT2D eigenvalue weighted by molar-refractivity contribution is 0.350. The van der Waals surface area contributed by atoms with E-state index in [0.717, 1.165) is 30.5 Å². The van der Waals surface area contributed by atoms with Crippen molar-refractivity contribution in [3.8, 4) is 11.5 Å². The average Bonchev–Trinajstić information content (AvgIpc) is 3.03. The Morgan fingerprint density at radius 1 is 1.32 bits per heavy atom. The first-order chi connectivity index (χ1) is 9.04. The quantitative estimate of drug-likeness (QED) is 0.892.